The molecule has 0 radical (unpaired) electrons. The molecule has 2 N–H and O–H groups in total. The molecule has 2 unspecified atom stereocenters. The Morgan fingerprint density at radius 3 is 2.54 bits per heavy atom. The number of likely N-dealkylation sites (tertiary alicyclic amines) is 1. The van der Waals surface area contributed by atoms with E-state index >= 15 is 0 Å². The van der Waals surface area contributed by atoms with Gasteiger partial charge in [0.25, 0.3) is 0 Å². The van der Waals surface area contributed by atoms with E-state index in [0.717, 1.165) is 23.9 Å². The van der Waals surface area contributed by atoms with Gasteiger partial charge in [0.2, 0.25) is 0 Å². The third kappa shape index (κ3) is 5.97. The van der Waals surface area contributed by atoms with Gasteiger partial charge in [-0.2, -0.15) is 5.10 Å². The van der Waals surface area contributed by atoms with Crippen molar-refractivity contribution in [2.45, 2.75) is 45.2 Å². The predicted molar refractivity (Wildman–Crippen MR) is 133 cm³/mol. The fourth-order valence-electron chi connectivity index (χ4n) is 4.62. The van der Waals surface area contributed by atoms with Crippen molar-refractivity contribution in [1.29, 1.82) is 0 Å². The Morgan fingerprint density at radius 2 is 1.86 bits per heavy atom. The van der Waals surface area contributed by atoms with Crippen LogP contribution in [0.25, 0.3) is 11.3 Å². The van der Waals surface area contributed by atoms with Crippen molar-refractivity contribution in [3.63, 3.8) is 0 Å². The molecule has 0 aliphatic carbocycles. The molecule has 2 heterocycles. The van der Waals surface area contributed by atoms with Gasteiger partial charge in [-0.05, 0) is 63.1 Å². The summed E-state index contributed by atoms with van der Waals surface area (Å²) in [6.45, 7) is 5.90. The van der Waals surface area contributed by atoms with Crippen LogP contribution in [0.3, 0.4) is 0 Å². The van der Waals surface area contributed by atoms with Crippen molar-refractivity contribution in [2.24, 2.45) is 7.05 Å². The first-order valence-corrected chi connectivity index (χ1v) is 11.9. The number of nitrogens with one attached hydrogen (secondary N) is 2. The van der Waals surface area contributed by atoms with E-state index in [1.165, 1.54) is 25.3 Å². The monoisotopic (exact) mass is 483 g/mol. The van der Waals surface area contributed by atoms with Gasteiger partial charge in [-0.25, -0.2) is 13.6 Å². The normalized spacial score (nSPS) is 18.3. The highest BCUT2D eigenvalue weighted by molar-refractivity contribution is 6.00. The number of piperidine rings is 1. The summed E-state index contributed by atoms with van der Waals surface area (Å²) in [4.78, 5) is 14.9. The Bertz CT molecular complexity index is 1170. The summed E-state index contributed by atoms with van der Waals surface area (Å²) in [6.07, 6.45) is 5.37. The van der Waals surface area contributed by atoms with E-state index in [4.69, 9.17) is 4.74 Å². The Morgan fingerprint density at radius 1 is 1.09 bits per heavy atom. The summed E-state index contributed by atoms with van der Waals surface area (Å²) in [7, 11) is 1.83. The highest BCUT2D eigenvalue weighted by atomic mass is 19.1. The zero-order valence-electron chi connectivity index (χ0n) is 20.2. The molecule has 1 aliphatic heterocycles. The van der Waals surface area contributed by atoms with Crippen LogP contribution in [-0.2, 0) is 7.05 Å². The number of rotatable bonds is 7. The van der Waals surface area contributed by atoms with Gasteiger partial charge in [-0.15, -0.1) is 0 Å². The molecule has 9 heteroatoms. The van der Waals surface area contributed by atoms with Gasteiger partial charge in [0.05, 0.1) is 11.4 Å². The van der Waals surface area contributed by atoms with E-state index in [2.05, 4.69) is 34.5 Å². The number of amides is 2. The molecule has 1 saturated heterocycles. The molecule has 1 fully saturated rings. The van der Waals surface area contributed by atoms with E-state index < -0.39 is 17.7 Å². The second-order valence-corrected chi connectivity index (χ2v) is 8.97. The summed E-state index contributed by atoms with van der Waals surface area (Å²) in [6, 6.07) is 10.6. The lowest BCUT2D eigenvalue weighted by Gasteiger charge is -2.38. The second-order valence-electron chi connectivity index (χ2n) is 8.97. The molecule has 2 atom stereocenters. The van der Waals surface area contributed by atoms with Gasteiger partial charge in [0.15, 0.2) is 0 Å². The molecule has 2 aromatic carbocycles. The molecule has 0 bridgehead atoms. The largest absolute Gasteiger partial charge is 0.492 e. The van der Waals surface area contributed by atoms with Gasteiger partial charge in [0, 0.05) is 49.2 Å². The summed E-state index contributed by atoms with van der Waals surface area (Å²) >= 11 is 0. The van der Waals surface area contributed by atoms with Crippen LogP contribution >= 0.6 is 0 Å². The molecule has 1 aliphatic rings. The number of hydrogen-bond donors (Lipinski definition) is 2. The molecule has 0 saturated carbocycles. The minimum atomic E-state index is -0.850. The van der Waals surface area contributed by atoms with Crippen molar-refractivity contribution >= 4 is 17.4 Å². The number of carbonyl (C=O) groups is 1. The molecule has 3 aromatic rings. The van der Waals surface area contributed by atoms with E-state index in [1.54, 1.807) is 29.1 Å². The maximum absolute atomic E-state index is 13.9. The number of benzene rings is 2. The van der Waals surface area contributed by atoms with Gasteiger partial charge in [-0.3, -0.25) is 9.58 Å². The molecule has 4 rings (SSSR count). The Balaban J connectivity index is 1.48. The zero-order chi connectivity index (χ0) is 24.9. The molecule has 2 amide bonds. The Labute approximate surface area is 204 Å². The summed E-state index contributed by atoms with van der Waals surface area (Å²) < 4.78 is 34.9. The number of aryl methyl sites for hydroxylation is 1. The Hall–Kier alpha value is -3.46. The fraction of sp³-hybridized carbons (Fsp3) is 0.385. The Kier molecular flexibility index (Phi) is 7.65. The molecule has 7 nitrogen and oxygen atoms in total. The third-order valence-electron chi connectivity index (χ3n) is 6.50. The fourth-order valence-corrected chi connectivity index (χ4v) is 4.62. The van der Waals surface area contributed by atoms with Crippen LogP contribution < -0.4 is 15.4 Å². The van der Waals surface area contributed by atoms with Crippen LogP contribution in [0.15, 0.2) is 48.7 Å². The zero-order valence-corrected chi connectivity index (χ0v) is 20.2. The molecule has 0 spiro atoms. The van der Waals surface area contributed by atoms with Crippen molar-refractivity contribution in [1.82, 2.24) is 14.7 Å². The molecule has 1 aromatic heterocycles. The van der Waals surface area contributed by atoms with Crippen LogP contribution in [0.4, 0.5) is 25.0 Å². The van der Waals surface area contributed by atoms with Crippen LogP contribution in [-0.4, -0.2) is 45.9 Å². The number of nitrogens with zero attached hydrogens (tertiary/aromatic N) is 3. The SMILES string of the molecule is CC1CCCC(C)N1CCOc1ccc(NC(=O)Nc2ccc(F)cc2F)cc1-c1ccnn1C. The van der Waals surface area contributed by atoms with Gasteiger partial charge >= 0.3 is 6.03 Å². The van der Waals surface area contributed by atoms with Crippen molar-refractivity contribution in [3.8, 4) is 17.0 Å². The highest BCUT2D eigenvalue weighted by Gasteiger charge is 2.24. The van der Waals surface area contributed by atoms with E-state index in [0.29, 0.717) is 36.2 Å². The topological polar surface area (TPSA) is 71.4 Å². The number of halogens is 2. The van der Waals surface area contributed by atoms with E-state index in [1.807, 2.05) is 13.1 Å². The lowest BCUT2D eigenvalue weighted by Crippen LogP contribution is -2.45. The lowest BCUT2D eigenvalue weighted by molar-refractivity contribution is 0.0852. The second kappa shape index (κ2) is 10.9. The van der Waals surface area contributed by atoms with Crippen molar-refractivity contribution < 1.29 is 18.3 Å². The maximum atomic E-state index is 13.9. The number of carbonyl (C=O) groups excluding carboxylic acids is 1. The van der Waals surface area contributed by atoms with Gasteiger partial charge < -0.3 is 15.4 Å². The molecular formula is C26H31F2N5O2. The van der Waals surface area contributed by atoms with Crippen LogP contribution in [0.5, 0.6) is 5.75 Å². The molecular weight excluding hydrogens is 452 g/mol. The maximum Gasteiger partial charge on any atom is 0.323 e. The minimum Gasteiger partial charge on any atom is -0.492 e. The lowest BCUT2D eigenvalue weighted by atomic mass is 9.98. The minimum absolute atomic E-state index is 0.114. The molecule has 35 heavy (non-hydrogen) atoms. The average molecular weight is 484 g/mol. The summed E-state index contributed by atoms with van der Waals surface area (Å²) in [5.41, 5.74) is 1.98. The summed E-state index contributed by atoms with van der Waals surface area (Å²) in [5.74, 6) is -0.882. The smallest absolute Gasteiger partial charge is 0.323 e. The van der Waals surface area contributed by atoms with Gasteiger partial charge in [-0.1, -0.05) is 6.42 Å². The number of ether oxygens (including phenoxy) is 1. The predicted octanol–water partition coefficient (Wildman–Crippen LogP) is 5.65. The first-order valence-electron chi connectivity index (χ1n) is 11.9. The first-order chi connectivity index (χ1) is 16.8. The van der Waals surface area contributed by atoms with E-state index in [9.17, 15) is 13.6 Å². The first kappa shape index (κ1) is 24.7. The van der Waals surface area contributed by atoms with E-state index in [-0.39, 0.29) is 5.69 Å². The van der Waals surface area contributed by atoms with Crippen molar-refractivity contribution in [3.05, 3.63) is 60.3 Å². The van der Waals surface area contributed by atoms with Gasteiger partial charge in [0.1, 0.15) is 24.0 Å². The van der Waals surface area contributed by atoms with Crippen LogP contribution in [0.1, 0.15) is 33.1 Å². The number of anilines is 2. The van der Waals surface area contributed by atoms with Crippen molar-refractivity contribution in [2.75, 3.05) is 23.8 Å². The van der Waals surface area contributed by atoms with Crippen LogP contribution in [0.2, 0.25) is 0 Å². The number of aromatic nitrogens is 2. The molecule has 186 valence electrons. The van der Waals surface area contributed by atoms with Crippen LogP contribution in [0, 0.1) is 11.6 Å². The average Bonchev–Trinajstić information content (AvgIpc) is 3.24. The standard InChI is InChI=1S/C26H31F2N5O2/c1-17-5-4-6-18(2)33(17)13-14-35-25-10-8-20(16-21(25)24-11-12-29-32(24)3)30-26(34)31-23-9-7-19(27)15-22(23)28/h7-12,15-18H,4-6,13-14H2,1-3H3,(H2,30,31,34). The highest BCUT2D eigenvalue weighted by Crippen LogP contribution is 2.33. The third-order valence-corrected chi connectivity index (χ3v) is 6.50. The number of urea groups is 1. The number of hydrogen-bond acceptors (Lipinski definition) is 4. The summed E-state index contributed by atoms with van der Waals surface area (Å²) in [5, 5.41) is 9.35. The quantitative estimate of drug-likeness (QED) is 0.456.